The molecule has 3 heteroatoms. The van der Waals surface area contributed by atoms with Gasteiger partial charge in [-0.1, -0.05) is 7.43 Å². The van der Waals surface area contributed by atoms with E-state index in [0.29, 0.717) is 0 Å². The molecule has 0 aliphatic carbocycles. The number of carbonyl (C=O) groups is 2. The van der Waals surface area contributed by atoms with Gasteiger partial charge in [-0.3, -0.25) is 4.79 Å². The van der Waals surface area contributed by atoms with Gasteiger partial charge >= 0.3 is 0 Å². The van der Waals surface area contributed by atoms with Crippen molar-refractivity contribution < 1.29 is 9.59 Å². The molecule has 0 spiro atoms. The minimum atomic E-state index is -0.287. The van der Waals surface area contributed by atoms with E-state index in [1.807, 2.05) is 0 Å². The monoisotopic (exact) mass is 161 g/mol. The summed E-state index contributed by atoms with van der Waals surface area (Å²) < 4.78 is 0. The van der Waals surface area contributed by atoms with Crippen LogP contribution in [0.5, 0.6) is 0 Å². The Hall–Kier alpha value is -0.700. The van der Waals surface area contributed by atoms with Crippen molar-refractivity contribution in [1.82, 2.24) is 0 Å². The third kappa shape index (κ3) is 45.5. The maximum absolute atomic E-state index is 10.0. The van der Waals surface area contributed by atoms with Gasteiger partial charge in [-0.25, -0.2) is 0 Å². The second-order valence-corrected chi connectivity index (χ2v) is 2.31. The first-order valence-electron chi connectivity index (χ1n) is 3.11. The number of hydrogen-bond donors (Lipinski definition) is 1. The summed E-state index contributed by atoms with van der Waals surface area (Å²) in [6.07, 6.45) is 0. The second kappa shape index (κ2) is 9.30. The summed E-state index contributed by atoms with van der Waals surface area (Å²) in [5.74, 6) is 0.204. The minimum Gasteiger partial charge on any atom is -0.322 e. The second-order valence-electron chi connectivity index (χ2n) is 2.31. The lowest BCUT2D eigenvalue weighted by Crippen LogP contribution is -2.23. The van der Waals surface area contributed by atoms with Crippen LogP contribution in [0, 0.1) is 0 Å². The van der Waals surface area contributed by atoms with Crippen LogP contribution in [0.4, 0.5) is 0 Å². The van der Waals surface area contributed by atoms with Crippen LogP contribution in [-0.2, 0) is 9.59 Å². The Morgan fingerprint density at radius 1 is 1.18 bits per heavy atom. The zero-order valence-electron chi connectivity index (χ0n) is 6.97. The molecule has 0 fully saturated rings. The van der Waals surface area contributed by atoms with Gasteiger partial charge in [0.05, 0.1) is 6.04 Å². The molecule has 0 bridgehead atoms. The fourth-order valence-electron chi connectivity index (χ4n) is 0. The van der Waals surface area contributed by atoms with Gasteiger partial charge in [0.2, 0.25) is 0 Å². The van der Waals surface area contributed by atoms with Gasteiger partial charge in [0.1, 0.15) is 11.6 Å². The van der Waals surface area contributed by atoms with E-state index in [2.05, 4.69) is 0 Å². The van der Waals surface area contributed by atoms with E-state index in [0.717, 1.165) is 0 Å². The average Bonchev–Trinajstić information content (AvgIpc) is 1.63. The number of ketones is 2. The predicted octanol–water partition coefficient (Wildman–Crippen LogP) is 1.15. The summed E-state index contributed by atoms with van der Waals surface area (Å²) in [7, 11) is 0. The van der Waals surface area contributed by atoms with E-state index in [9.17, 15) is 9.59 Å². The normalized spacial score (nSPS) is 9.91. The third-order valence-corrected chi connectivity index (χ3v) is 0.641. The van der Waals surface area contributed by atoms with E-state index in [4.69, 9.17) is 5.73 Å². The number of carbonyl (C=O) groups excluding carboxylic acids is 2. The molecule has 11 heavy (non-hydrogen) atoms. The molecule has 0 heterocycles. The summed E-state index contributed by atoms with van der Waals surface area (Å²) in [4.78, 5) is 19.5. The maximum Gasteiger partial charge on any atom is 0.146 e. The topological polar surface area (TPSA) is 60.2 Å². The van der Waals surface area contributed by atoms with Crippen molar-refractivity contribution in [3.8, 4) is 0 Å². The highest BCUT2D eigenvalue weighted by Gasteiger charge is 1.95. The lowest BCUT2D eigenvalue weighted by molar-refractivity contribution is -0.118. The van der Waals surface area contributed by atoms with E-state index >= 15 is 0 Å². The number of rotatable bonds is 1. The number of Topliss-reactive ketones (excluding diaryl/α,β-unsaturated/α-hetero) is 2. The molecule has 68 valence electrons. The Kier molecular flexibility index (Phi) is 14.1. The molecule has 0 aromatic rings. The van der Waals surface area contributed by atoms with E-state index in [1.165, 1.54) is 20.8 Å². The molecule has 3 nitrogen and oxygen atoms in total. The maximum atomic E-state index is 10.0. The summed E-state index contributed by atoms with van der Waals surface area (Å²) in [6, 6.07) is -0.287. The molecular weight excluding hydrogens is 142 g/mol. The molecular formula is C8H19NO2. The third-order valence-electron chi connectivity index (χ3n) is 0.641. The zero-order chi connectivity index (χ0) is 8.73. The van der Waals surface area contributed by atoms with Crippen molar-refractivity contribution in [3.05, 3.63) is 0 Å². The highest BCUT2D eigenvalue weighted by molar-refractivity contribution is 5.80. The van der Waals surface area contributed by atoms with Gasteiger partial charge in [-0.15, -0.1) is 0 Å². The Morgan fingerprint density at radius 3 is 1.27 bits per heavy atom. The van der Waals surface area contributed by atoms with E-state index in [1.54, 1.807) is 6.92 Å². The molecule has 0 saturated heterocycles. The lowest BCUT2D eigenvalue weighted by atomic mass is 10.3. The van der Waals surface area contributed by atoms with Gasteiger partial charge in [0.25, 0.3) is 0 Å². The SMILES string of the molecule is C.CC(=O)C(C)N.CC(C)=O. The first-order valence-corrected chi connectivity index (χ1v) is 3.11. The zero-order valence-corrected chi connectivity index (χ0v) is 6.97. The minimum absolute atomic E-state index is 0. The van der Waals surface area contributed by atoms with Crippen molar-refractivity contribution in [1.29, 1.82) is 0 Å². The molecule has 0 saturated carbocycles. The van der Waals surface area contributed by atoms with Crippen LogP contribution in [-0.4, -0.2) is 17.6 Å². The first kappa shape index (κ1) is 16.7. The van der Waals surface area contributed by atoms with Gasteiger partial charge in [-0.05, 0) is 27.7 Å². The molecule has 0 aromatic heterocycles. The molecule has 0 radical (unpaired) electrons. The molecule has 2 N–H and O–H groups in total. The van der Waals surface area contributed by atoms with Crippen LogP contribution in [0.25, 0.3) is 0 Å². The Morgan fingerprint density at radius 2 is 1.27 bits per heavy atom. The molecule has 0 aliphatic heterocycles. The number of hydrogen-bond acceptors (Lipinski definition) is 3. The molecule has 0 aliphatic rings. The number of nitrogens with two attached hydrogens (primary N) is 1. The Labute approximate surface area is 69.0 Å². The van der Waals surface area contributed by atoms with Crippen LogP contribution in [0.2, 0.25) is 0 Å². The standard InChI is InChI=1S/C4H9NO.C3H6O.CH4/c1-3(5)4(2)6;1-3(2)4;/h3H,5H2,1-2H3;1-2H3;1H4. The van der Waals surface area contributed by atoms with E-state index < -0.39 is 0 Å². The largest absolute Gasteiger partial charge is 0.322 e. The summed E-state index contributed by atoms with van der Waals surface area (Å²) >= 11 is 0. The smallest absolute Gasteiger partial charge is 0.146 e. The van der Waals surface area contributed by atoms with Gasteiger partial charge in [0.15, 0.2) is 0 Å². The van der Waals surface area contributed by atoms with Crippen molar-refractivity contribution in [2.45, 2.75) is 41.2 Å². The van der Waals surface area contributed by atoms with Crippen LogP contribution in [0.3, 0.4) is 0 Å². The molecule has 0 amide bonds. The molecule has 0 aromatic carbocycles. The van der Waals surface area contributed by atoms with Gasteiger partial charge < -0.3 is 10.5 Å². The first-order chi connectivity index (χ1) is 4.37. The molecule has 1 atom stereocenters. The van der Waals surface area contributed by atoms with Crippen LogP contribution < -0.4 is 5.73 Å². The molecule has 0 rings (SSSR count). The van der Waals surface area contributed by atoms with Crippen LogP contribution in [0.15, 0.2) is 0 Å². The van der Waals surface area contributed by atoms with Crippen LogP contribution >= 0.6 is 0 Å². The average molecular weight is 161 g/mol. The van der Waals surface area contributed by atoms with Gasteiger partial charge in [-0.2, -0.15) is 0 Å². The van der Waals surface area contributed by atoms with Crippen molar-refractivity contribution >= 4 is 11.6 Å². The van der Waals surface area contributed by atoms with E-state index in [-0.39, 0.29) is 25.0 Å². The fraction of sp³-hybridized carbons (Fsp3) is 0.750. The van der Waals surface area contributed by atoms with Crippen molar-refractivity contribution in [2.75, 3.05) is 0 Å². The van der Waals surface area contributed by atoms with Crippen LogP contribution in [0.1, 0.15) is 35.1 Å². The predicted molar refractivity (Wildman–Crippen MR) is 47.4 cm³/mol. The fourth-order valence-corrected chi connectivity index (χ4v) is 0. The highest BCUT2D eigenvalue weighted by Crippen LogP contribution is 1.72. The highest BCUT2D eigenvalue weighted by atomic mass is 16.1. The Balaban J connectivity index is -0.000000114. The Bertz CT molecular complexity index is 115. The van der Waals surface area contributed by atoms with Gasteiger partial charge in [0, 0.05) is 0 Å². The van der Waals surface area contributed by atoms with Crippen molar-refractivity contribution in [2.24, 2.45) is 5.73 Å². The quantitative estimate of drug-likeness (QED) is 0.627. The summed E-state index contributed by atoms with van der Waals surface area (Å²) in [5.41, 5.74) is 5.09. The molecule has 1 unspecified atom stereocenters. The summed E-state index contributed by atoms with van der Waals surface area (Å²) in [5, 5.41) is 0. The lowest BCUT2D eigenvalue weighted by Gasteiger charge is -1.91. The summed E-state index contributed by atoms with van der Waals surface area (Å²) in [6.45, 7) is 6.20. The van der Waals surface area contributed by atoms with Crippen molar-refractivity contribution in [3.63, 3.8) is 0 Å².